The number of ether oxygens (including phenoxy) is 2. The maximum atomic E-state index is 13.7. The summed E-state index contributed by atoms with van der Waals surface area (Å²) in [6, 6.07) is 12.5. The Labute approximate surface area is 157 Å². The summed E-state index contributed by atoms with van der Waals surface area (Å²) in [4.78, 5) is 27.8. The molecule has 0 bridgehead atoms. The molecule has 2 aromatic rings. The minimum atomic E-state index is -0.423. The highest BCUT2D eigenvalue weighted by Crippen LogP contribution is 2.21. The van der Waals surface area contributed by atoms with Crippen molar-refractivity contribution in [2.24, 2.45) is 0 Å². The van der Waals surface area contributed by atoms with Gasteiger partial charge in [0, 0.05) is 18.8 Å². The van der Waals surface area contributed by atoms with Crippen molar-refractivity contribution in [1.82, 2.24) is 4.90 Å². The molecule has 0 atom stereocenters. The smallest absolute Gasteiger partial charge is 0.337 e. The van der Waals surface area contributed by atoms with Crippen molar-refractivity contribution < 1.29 is 23.5 Å². The second-order valence-corrected chi connectivity index (χ2v) is 6.14. The van der Waals surface area contributed by atoms with Crippen LogP contribution in [0.5, 0.6) is 0 Å². The molecule has 0 aromatic heterocycles. The topological polar surface area (TPSA) is 59.1 Å². The number of rotatable bonds is 4. The van der Waals surface area contributed by atoms with Crippen molar-refractivity contribution in [3.8, 4) is 0 Å². The number of hydrogen-bond acceptors (Lipinski definition) is 4. The molecule has 1 saturated heterocycles. The fraction of sp³-hybridized carbons (Fsp3) is 0.300. The van der Waals surface area contributed by atoms with E-state index in [1.807, 2.05) is 0 Å². The highest BCUT2D eigenvalue weighted by molar-refractivity contribution is 5.92. The molecule has 0 saturated carbocycles. The zero-order valence-electron chi connectivity index (χ0n) is 15.1. The Hall–Kier alpha value is -2.93. The lowest BCUT2D eigenvalue weighted by molar-refractivity contribution is 0.0548. The van der Waals surface area contributed by atoms with Crippen LogP contribution in [-0.2, 0) is 16.0 Å². The molecule has 1 heterocycles. The first kappa shape index (κ1) is 18.8. The molecule has 1 aliphatic heterocycles. The summed E-state index contributed by atoms with van der Waals surface area (Å²) in [5, 5.41) is 0. The minimum absolute atomic E-state index is 0.207. The molecule has 2 aromatic carbocycles. The van der Waals surface area contributed by atoms with Gasteiger partial charge in [-0.15, -0.1) is 0 Å². The fourth-order valence-electron chi connectivity index (χ4n) is 2.89. The molecule has 0 radical (unpaired) electrons. The van der Waals surface area contributed by atoms with E-state index in [-0.39, 0.29) is 12.6 Å². The number of benzene rings is 2. The number of carbonyl (C=O) groups excluding carboxylic acids is 2. The quantitative estimate of drug-likeness (QED) is 0.774. The zero-order valence-corrected chi connectivity index (χ0v) is 15.1. The van der Waals surface area contributed by atoms with Gasteiger partial charge in [-0.3, -0.25) is 4.90 Å². The van der Waals surface area contributed by atoms with Crippen molar-refractivity contribution >= 4 is 17.7 Å². The largest absolute Gasteiger partial charge is 0.465 e. The van der Waals surface area contributed by atoms with Crippen LogP contribution in [0.1, 0.15) is 15.9 Å². The molecule has 142 valence electrons. The molecule has 6 nitrogen and oxygen atoms in total. The van der Waals surface area contributed by atoms with Gasteiger partial charge in [0.2, 0.25) is 0 Å². The molecule has 3 rings (SSSR count). The second-order valence-electron chi connectivity index (χ2n) is 6.14. The third kappa shape index (κ3) is 4.62. The number of esters is 1. The number of nitrogens with zero attached hydrogens (tertiary/aromatic N) is 2. The van der Waals surface area contributed by atoms with Gasteiger partial charge < -0.3 is 14.4 Å². The van der Waals surface area contributed by atoms with Gasteiger partial charge in [-0.25, -0.2) is 14.0 Å². The van der Waals surface area contributed by atoms with Crippen molar-refractivity contribution in [3.05, 3.63) is 65.5 Å². The molecule has 0 aliphatic carbocycles. The number of halogens is 1. The van der Waals surface area contributed by atoms with Gasteiger partial charge in [0.25, 0.3) is 0 Å². The molecule has 27 heavy (non-hydrogen) atoms. The van der Waals surface area contributed by atoms with Crippen molar-refractivity contribution in [3.63, 3.8) is 0 Å². The highest BCUT2D eigenvalue weighted by atomic mass is 19.1. The van der Waals surface area contributed by atoms with Gasteiger partial charge in [-0.05, 0) is 35.9 Å². The number of methoxy groups -OCH3 is 1. The van der Waals surface area contributed by atoms with Crippen LogP contribution in [0, 0.1) is 5.82 Å². The van der Waals surface area contributed by atoms with Crippen LogP contribution < -0.4 is 4.90 Å². The fourth-order valence-corrected chi connectivity index (χ4v) is 2.89. The van der Waals surface area contributed by atoms with Gasteiger partial charge >= 0.3 is 12.0 Å². The third-order valence-electron chi connectivity index (χ3n) is 4.35. The van der Waals surface area contributed by atoms with E-state index in [4.69, 9.17) is 9.47 Å². The van der Waals surface area contributed by atoms with E-state index in [9.17, 15) is 14.0 Å². The van der Waals surface area contributed by atoms with Crippen LogP contribution in [0.4, 0.5) is 14.9 Å². The van der Waals surface area contributed by atoms with Crippen LogP contribution in [0.15, 0.2) is 48.5 Å². The molecule has 0 spiro atoms. The average Bonchev–Trinajstić information content (AvgIpc) is 2.72. The Bertz CT molecular complexity index is 804. The summed E-state index contributed by atoms with van der Waals surface area (Å²) in [5.41, 5.74) is 1.72. The summed E-state index contributed by atoms with van der Waals surface area (Å²) in [6.07, 6.45) is 0. The van der Waals surface area contributed by atoms with Crippen LogP contribution in [-0.4, -0.2) is 50.3 Å². The summed E-state index contributed by atoms with van der Waals surface area (Å²) < 4.78 is 23.7. The van der Waals surface area contributed by atoms with E-state index in [2.05, 4.69) is 0 Å². The standard InChI is InChI=1S/C20H21FN2O4/c1-26-19(24)16-7-5-15(6-8-16)14-23(18-4-2-3-17(21)13-18)20(25)22-9-11-27-12-10-22/h2-8,13H,9-12,14H2,1H3. The van der Waals surface area contributed by atoms with Gasteiger partial charge in [-0.1, -0.05) is 18.2 Å². The molecular formula is C20H21FN2O4. The van der Waals surface area contributed by atoms with Gasteiger partial charge in [0.05, 0.1) is 32.4 Å². The van der Waals surface area contributed by atoms with Crippen LogP contribution in [0.2, 0.25) is 0 Å². The van der Waals surface area contributed by atoms with E-state index in [1.165, 1.54) is 24.1 Å². The predicted octanol–water partition coefficient (Wildman–Crippen LogP) is 3.07. The molecule has 0 N–H and O–H groups in total. The molecule has 2 amide bonds. The maximum Gasteiger partial charge on any atom is 0.337 e. The summed E-state index contributed by atoms with van der Waals surface area (Å²) in [6.45, 7) is 2.20. The minimum Gasteiger partial charge on any atom is -0.465 e. The number of morpholine rings is 1. The van der Waals surface area contributed by atoms with Gasteiger partial charge in [0.15, 0.2) is 0 Å². The Balaban J connectivity index is 1.85. The Morgan fingerprint density at radius 1 is 1.15 bits per heavy atom. The van der Waals surface area contributed by atoms with Gasteiger partial charge in [0.1, 0.15) is 5.82 Å². The second kappa shape index (κ2) is 8.64. The number of carbonyl (C=O) groups is 2. The molecule has 1 aliphatic rings. The monoisotopic (exact) mass is 372 g/mol. The third-order valence-corrected chi connectivity index (χ3v) is 4.35. The summed E-state index contributed by atoms with van der Waals surface area (Å²) in [7, 11) is 1.32. The Kier molecular flexibility index (Phi) is 6.03. The zero-order chi connectivity index (χ0) is 19.2. The normalized spacial score (nSPS) is 13.9. The van der Waals surface area contributed by atoms with E-state index in [1.54, 1.807) is 41.3 Å². The van der Waals surface area contributed by atoms with E-state index in [0.29, 0.717) is 37.6 Å². The first-order chi connectivity index (χ1) is 13.1. The highest BCUT2D eigenvalue weighted by Gasteiger charge is 2.24. The van der Waals surface area contributed by atoms with Crippen LogP contribution in [0.25, 0.3) is 0 Å². The van der Waals surface area contributed by atoms with Crippen molar-refractivity contribution in [1.29, 1.82) is 0 Å². The average molecular weight is 372 g/mol. The predicted molar refractivity (Wildman–Crippen MR) is 98.2 cm³/mol. The number of hydrogen-bond donors (Lipinski definition) is 0. The first-order valence-corrected chi connectivity index (χ1v) is 8.65. The molecular weight excluding hydrogens is 351 g/mol. The summed E-state index contributed by atoms with van der Waals surface area (Å²) >= 11 is 0. The lowest BCUT2D eigenvalue weighted by atomic mass is 10.1. The van der Waals surface area contributed by atoms with Crippen LogP contribution >= 0.6 is 0 Å². The number of urea groups is 1. The van der Waals surface area contributed by atoms with Crippen molar-refractivity contribution in [2.75, 3.05) is 38.3 Å². The summed E-state index contributed by atoms with van der Waals surface area (Å²) in [5.74, 6) is -0.832. The van der Waals surface area contributed by atoms with E-state index < -0.39 is 11.8 Å². The molecule has 7 heteroatoms. The Morgan fingerprint density at radius 3 is 2.48 bits per heavy atom. The first-order valence-electron chi connectivity index (χ1n) is 8.65. The maximum absolute atomic E-state index is 13.7. The van der Waals surface area contributed by atoms with E-state index in [0.717, 1.165) is 5.56 Å². The molecule has 1 fully saturated rings. The van der Waals surface area contributed by atoms with Gasteiger partial charge in [-0.2, -0.15) is 0 Å². The Morgan fingerprint density at radius 2 is 1.85 bits per heavy atom. The number of anilines is 1. The SMILES string of the molecule is COC(=O)c1ccc(CN(C(=O)N2CCOCC2)c2cccc(F)c2)cc1. The number of amides is 2. The van der Waals surface area contributed by atoms with Crippen molar-refractivity contribution in [2.45, 2.75) is 6.54 Å². The molecule has 0 unspecified atom stereocenters. The lowest BCUT2D eigenvalue weighted by Crippen LogP contribution is -2.48. The lowest BCUT2D eigenvalue weighted by Gasteiger charge is -2.33. The van der Waals surface area contributed by atoms with E-state index >= 15 is 0 Å². The van der Waals surface area contributed by atoms with Crippen LogP contribution in [0.3, 0.4) is 0 Å².